The van der Waals surface area contributed by atoms with Crippen LogP contribution >= 0.6 is 11.3 Å². The number of ether oxygens (including phenoxy) is 1. The van der Waals surface area contributed by atoms with Gasteiger partial charge in [0, 0.05) is 18.8 Å². The molecule has 8 nitrogen and oxygen atoms in total. The molecule has 3 amide bonds. The van der Waals surface area contributed by atoms with Crippen LogP contribution in [0.15, 0.2) is 66.9 Å². The molecule has 4 heterocycles. The predicted octanol–water partition coefficient (Wildman–Crippen LogP) is 4.86. The van der Waals surface area contributed by atoms with Gasteiger partial charge in [0.1, 0.15) is 21.2 Å². The molecule has 0 radical (unpaired) electrons. The third-order valence-corrected chi connectivity index (χ3v) is 7.02. The van der Waals surface area contributed by atoms with Gasteiger partial charge in [-0.25, -0.2) is 9.78 Å². The number of amides is 3. The number of nitrogens with zero attached hydrogens (tertiary/aromatic N) is 2. The summed E-state index contributed by atoms with van der Waals surface area (Å²) in [6, 6.07) is 18.4. The number of urea groups is 1. The number of carbonyl (C=O) groups is 2. The van der Waals surface area contributed by atoms with E-state index in [0.29, 0.717) is 32.5 Å². The number of aromatic nitrogens is 1. The molecule has 1 fully saturated rings. The summed E-state index contributed by atoms with van der Waals surface area (Å²) in [6.07, 6.45) is 2.55. The van der Waals surface area contributed by atoms with Crippen molar-refractivity contribution in [2.75, 3.05) is 23.3 Å². The lowest BCUT2D eigenvalue weighted by Gasteiger charge is -2.28. The molecule has 2 aliphatic rings. The van der Waals surface area contributed by atoms with E-state index in [1.54, 1.807) is 17.2 Å². The van der Waals surface area contributed by atoms with Crippen molar-refractivity contribution < 1.29 is 14.3 Å². The van der Waals surface area contributed by atoms with Gasteiger partial charge >= 0.3 is 6.03 Å². The maximum Gasteiger partial charge on any atom is 0.331 e. The van der Waals surface area contributed by atoms with Crippen molar-refractivity contribution >= 4 is 50.6 Å². The van der Waals surface area contributed by atoms with Gasteiger partial charge < -0.3 is 20.7 Å². The average molecular weight is 472 g/mol. The molecule has 0 saturated carbocycles. The third-order valence-electron chi connectivity index (χ3n) is 5.92. The molecule has 4 aromatic rings. The van der Waals surface area contributed by atoms with Crippen molar-refractivity contribution in [3.8, 4) is 11.5 Å². The fraction of sp³-hybridized carbons (Fsp3) is 0.160. The predicted molar refractivity (Wildman–Crippen MR) is 132 cm³/mol. The second kappa shape index (κ2) is 8.44. The summed E-state index contributed by atoms with van der Waals surface area (Å²) < 4.78 is 5.87. The monoisotopic (exact) mass is 471 g/mol. The first-order valence-electron chi connectivity index (χ1n) is 11.0. The van der Waals surface area contributed by atoms with Crippen LogP contribution in [0.4, 0.5) is 21.9 Å². The summed E-state index contributed by atoms with van der Waals surface area (Å²) in [7, 11) is 0. The number of thiophene rings is 1. The Hall–Kier alpha value is -3.95. The molecule has 170 valence electrons. The summed E-state index contributed by atoms with van der Waals surface area (Å²) in [5.41, 5.74) is 1.90. The third kappa shape index (κ3) is 3.64. The molecular formula is C25H21N5O3S. The van der Waals surface area contributed by atoms with Gasteiger partial charge in [0.05, 0.1) is 22.4 Å². The van der Waals surface area contributed by atoms with Gasteiger partial charge in [-0.15, -0.1) is 11.3 Å². The lowest BCUT2D eigenvalue weighted by Crippen LogP contribution is -2.37. The van der Waals surface area contributed by atoms with Crippen LogP contribution in [-0.4, -0.2) is 36.1 Å². The first-order chi connectivity index (χ1) is 16.7. The Morgan fingerprint density at radius 3 is 2.65 bits per heavy atom. The van der Waals surface area contributed by atoms with Crippen LogP contribution in [0.1, 0.15) is 16.1 Å². The molecule has 2 aromatic heterocycles. The van der Waals surface area contributed by atoms with Crippen LogP contribution in [0.5, 0.6) is 11.5 Å². The molecule has 2 aliphatic heterocycles. The number of pyridine rings is 1. The number of hydrogen-bond acceptors (Lipinski definition) is 6. The van der Waals surface area contributed by atoms with Gasteiger partial charge in [-0.05, 0) is 55.4 Å². The minimum absolute atomic E-state index is 0.0877. The zero-order valence-electron chi connectivity index (χ0n) is 18.1. The molecule has 34 heavy (non-hydrogen) atoms. The van der Waals surface area contributed by atoms with Crippen molar-refractivity contribution in [2.24, 2.45) is 0 Å². The number of hydrogen-bond donors (Lipinski definition) is 3. The molecule has 2 aromatic carbocycles. The molecule has 9 heteroatoms. The molecule has 0 bridgehead atoms. The lowest BCUT2D eigenvalue weighted by atomic mass is 10.1. The highest BCUT2D eigenvalue weighted by atomic mass is 32.1. The number of rotatable bonds is 5. The molecule has 0 spiro atoms. The molecule has 3 N–H and O–H groups in total. The second-order valence-corrected chi connectivity index (χ2v) is 9.15. The average Bonchev–Trinajstić information content (AvgIpc) is 3.49. The number of para-hydroxylation sites is 1. The molecule has 1 saturated heterocycles. The second-order valence-electron chi connectivity index (χ2n) is 8.15. The van der Waals surface area contributed by atoms with E-state index in [0.717, 1.165) is 30.6 Å². The largest absolute Gasteiger partial charge is 0.457 e. The van der Waals surface area contributed by atoms with Gasteiger partial charge in [-0.2, -0.15) is 0 Å². The summed E-state index contributed by atoms with van der Waals surface area (Å²) in [4.78, 5) is 33.4. The summed E-state index contributed by atoms with van der Waals surface area (Å²) in [5.74, 6) is 1.22. The minimum atomic E-state index is -0.327. The number of nitrogens with one attached hydrogen (secondary N) is 3. The van der Waals surface area contributed by atoms with Crippen molar-refractivity contribution in [3.05, 3.63) is 71.7 Å². The number of carbonyl (C=O) groups excluding carboxylic acids is 2. The maximum atomic E-state index is 13.2. The SMILES string of the molecule is O=C(N[C@@H]1CCNC1)c1sc2nccc3c2c1NC(=O)N3c1ccc(Oc2ccccc2)cc1. The molecule has 0 unspecified atom stereocenters. The zero-order valence-corrected chi connectivity index (χ0v) is 18.9. The summed E-state index contributed by atoms with van der Waals surface area (Å²) >= 11 is 1.29. The van der Waals surface area contributed by atoms with E-state index in [1.807, 2.05) is 54.6 Å². The van der Waals surface area contributed by atoms with Gasteiger partial charge in [-0.3, -0.25) is 9.69 Å². The van der Waals surface area contributed by atoms with E-state index in [1.165, 1.54) is 11.3 Å². The lowest BCUT2D eigenvalue weighted by molar-refractivity contribution is 0.0945. The molecular weight excluding hydrogens is 450 g/mol. The number of anilines is 3. The Labute approximate surface area is 199 Å². The van der Waals surface area contributed by atoms with Crippen LogP contribution in [0, 0.1) is 0 Å². The summed E-state index contributed by atoms with van der Waals surface area (Å²) in [5, 5.41) is 10.0. The van der Waals surface area contributed by atoms with Crippen molar-refractivity contribution in [1.29, 1.82) is 0 Å². The van der Waals surface area contributed by atoms with Crippen LogP contribution in [0.2, 0.25) is 0 Å². The fourth-order valence-electron chi connectivity index (χ4n) is 4.32. The van der Waals surface area contributed by atoms with Crippen molar-refractivity contribution in [3.63, 3.8) is 0 Å². The summed E-state index contributed by atoms with van der Waals surface area (Å²) in [6.45, 7) is 1.64. The van der Waals surface area contributed by atoms with Gasteiger partial charge in [-0.1, -0.05) is 18.2 Å². The first-order valence-corrected chi connectivity index (χ1v) is 11.9. The first kappa shape index (κ1) is 20.6. The Kier molecular flexibility index (Phi) is 5.12. The van der Waals surface area contributed by atoms with Crippen molar-refractivity contribution in [1.82, 2.24) is 15.6 Å². The Bertz CT molecular complexity index is 1380. The van der Waals surface area contributed by atoms with E-state index in [-0.39, 0.29) is 18.0 Å². The molecule has 0 aliphatic carbocycles. The standard InChI is InChI=1S/C25H21N5O3S/c31-23(28-15-10-12-26-14-15)22-21-20-19(11-13-27-24(20)34-22)30(25(32)29-21)16-6-8-18(9-7-16)33-17-4-2-1-3-5-17/h1-9,11,13,15,26H,10,12,14H2,(H,28,31)(H,29,32)/t15-/m1/s1. The Morgan fingerprint density at radius 1 is 1.09 bits per heavy atom. The fourth-order valence-corrected chi connectivity index (χ4v) is 5.34. The van der Waals surface area contributed by atoms with E-state index in [9.17, 15) is 9.59 Å². The Balaban J connectivity index is 1.33. The minimum Gasteiger partial charge on any atom is -0.457 e. The normalized spacial score (nSPS) is 17.0. The molecule has 6 rings (SSSR count). The highest BCUT2D eigenvalue weighted by Gasteiger charge is 2.33. The van der Waals surface area contributed by atoms with E-state index in [2.05, 4.69) is 20.9 Å². The van der Waals surface area contributed by atoms with E-state index < -0.39 is 0 Å². The van der Waals surface area contributed by atoms with Gasteiger partial charge in [0.25, 0.3) is 5.91 Å². The van der Waals surface area contributed by atoms with E-state index >= 15 is 0 Å². The van der Waals surface area contributed by atoms with Crippen LogP contribution in [0.3, 0.4) is 0 Å². The highest BCUT2D eigenvalue weighted by Crippen LogP contribution is 2.45. The van der Waals surface area contributed by atoms with Crippen molar-refractivity contribution in [2.45, 2.75) is 12.5 Å². The smallest absolute Gasteiger partial charge is 0.331 e. The highest BCUT2D eigenvalue weighted by molar-refractivity contribution is 7.21. The maximum absolute atomic E-state index is 13.2. The number of benzene rings is 2. The van der Waals surface area contributed by atoms with Crippen LogP contribution in [-0.2, 0) is 0 Å². The van der Waals surface area contributed by atoms with Gasteiger partial charge in [0.15, 0.2) is 0 Å². The van der Waals surface area contributed by atoms with E-state index in [4.69, 9.17) is 4.74 Å². The van der Waals surface area contributed by atoms with Crippen LogP contribution < -0.4 is 25.6 Å². The quantitative estimate of drug-likeness (QED) is 0.386. The van der Waals surface area contributed by atoms with Gasteiger partial charge in [0.2, 0.25) is 0 Å². The molecule has 1 atom stereocenters. The van der Waals surface area contributed by atoms with Crippen LogP contribution in [0.25, 0.3) is 10.2 Å². The Morgan fingerprint density at radius 2 is 1.88 bits per heavy atom. The topological polar surface area (TPSA) is 95.6 Å². The zero-order chi connectivity index (χ0) is 23.1.